The number of rotatable bonds is 11. The number of nitrogens with zero attached hydrogens (tertiary/aromatic N) is 3. The van der Waals surface area contributed by atoms with Crippen LogP contribution in [0.2, 0.25) is 0 Å². The van der Waals surface area contributed by atoms with Gasteiger partial charge in [-0.25, -0.2) is 4.98 Å². The third kappa shape index (κ3) is 5.41. The van der Waals surface area contributed by atoms with Gasteiger partial charge in [0.1, 0.15) is 17.3 Å². The van der Waals surface area contributed by atoms with E-state index in [0.717, 1.165) is 34.0 Å². The molecule has 5 aromatic carbocycles. The first-order chi connectivity index (χ1) is 25.7. The molecule has 8 aromatic rings. The molecule has 0 aliphatic heterocycles. The maximum atomic E-state index is 6.55. The minimum atomic E-state index is 0.0805. The van der Waals surface area contributed by atoms with Crippen LogP contribution in [0, 0.1) is 0 Å². The highest BCUT2D eigenvalue weighted by atomic mass is 16.5. The van der Waals surface area contributed by atoms with Gasteiger partial charge in [-0.05, 0) is 101 Å². The molecule has 3 aromatic heterocycles. The fraction of sp³-hybridized carbons (Fsp3) is 0.188. The lowest BCUT2D eigenvalue weighted by Gasteiger charge is -2.33. The molecule has 0 amide bonds. The predicted molar refractivity (Wildman–Crippen MR) is 215 cm³/mol. The topological polar surface area (TPSA) is 32.0 Å². The van der Waals surface area contributed by atoms with Gasteiger partial charge in [0, 0.05) is 52.6 Å². The molecule has 1 aliphatic carbocycles. The number of aromatic nitrogens is 3. The van der Waals surface area contributed by atoms with Gasteiger partial charge in [0.2, 0.25) is 0 Å². The van der Waals surface area contributed by atoms with E-state index >= 15 is 0 Å². The van der Waals surface area contributed by atoms with E-state index in [9.17, 15) is 0 Å². The molecule has 0 fully saturated rings. The summed E-state index contributed by atoms with van der Waals surface area (Å²) in [6, 6.07) is 47.8. The Bertz CT molecular complexity index is 2530. The molecule has 3 heterocycles. The lowest BCUT2D eigenvalue weighted by Crippen LogP contribution is -2.25. The minimum Gasteiger partial charge on any atom is -0.457 e. The summed E-state index contributed by atoms with van der Waals surface area (Å²) in [5.41, 5.74) is 11.7. The molecule has 0 saturated heterocycles. The number of benzene rings is 5. The molecule has 0 bridgehead atoms. The fourth-order valence-corrected chi connectivity index (χ4v) is 8.57. The van der Waals surface area contributed by atoms with Gasteiger partial charge < -0.3 is 9.30 Å². The number of hydrogen-bond donors (Lipinski definition) is 0. The maximum Gasteiger partial charge on any atom is 0.137 e. The first-order valence-electron chi connectivity index (χ1n) is 18.8. The Labute approximate surface area is 306 Å². The van der Waals surface area contributed by atoms with Crippen molar-refractivity contribution in [3.05, 3.63) is 163 Å². The average molecular weight is 678 g/mol. The predicted octanol–water partition coefficient (Wildman–Crippen LogP) is 13.1. The third-order valence-electron chi connectivity index (χ3n) is 11.1. The molecular weight excluding hydrogens is 635 g/mol. The second-order valence-corrected chi connectivity index (χ2v) is 14.2. The van der Waals surface area contributed by atoms with Gasteiger partial charge in [0.25, 0.3) is 0 Å². The summed E-state index contributed by atoms with van der Waals surface area (Å²) in [7, 11) is 0. The first kappa shape index (κ1) is 32.1. The zero-order valence-electron chi connectivity index (χ0n) is 29.9. The van der Waals surface area contributed by atoms with Crippen LogP contribution >= 0.6 is 0 Å². The lowest BCUT2D eigenvalue weighted by atomic mass is 9.70. The largest absolute Gasteiger partial charge is 0.457 e. The van der Waals surface area contributed by atoms with Crippen LogP contribution in [0.5, 0.6) is 11.5 Å². The van der Waals surface area contributed by atoms with E-state index < -0.39 is 0 Å². The van der Waals surface area contributed by atoms with E-state index in [1.54, 1.807) is 0 Å². The molecule has 0 saturated carbocycles. The smallest absolute Gasteiger partial charge is 0.137 e. The quantitative estimate of drug-likeness (QED) is 0.136. The standard InChI is InChI=1S/C48H43N3O/c1-3-5-26-48(27-6-4-2)43-18-9-7-16-39(43)40-23-21-34(30-44(40)48)35-25-29-50(33-35)36-14-13-15-37(31-36)52-38-22-24-42-41-17-8-10-19-45(41)51(46(42)32-38)47-20-11-12-28-49-47/h7-25,28-33H,3-6,26-27H2,1-2H3. The van der Waals surface area contributed by atoms with E-state index in [4.69, 9.17) is 4.74 Å². The van der Waals surface area contributed by atoms with Crippen LogP contribution in [0.4, 0.5) is 0 Å². The second kappa shape index (κ2) is 13.4. The number of hydrogen-bond acceptors (Lipinski definition) is 2. The van der Waals surface area contributed by atoms with Crippen molar-refractivity contribution in [2.45, 2.75) is 57.8 Å². The molecule has 9 rings (SSSR count). The average Bonchev–Trinajstić information content (AvgIpc) is 3.89. The molecule has 0 atom stereocenters. The third-order valence-corrected chi connectivity index (χ3v) is 11.1. The molecule has 4 nitrogen and oxygen atoms in total. The highest BCUT2D eigenvalue weighted by molar-refractivity contribution is 6.09. The number of ether oxygens (including phenoxy) is 1. The van der Waals surface area contributed by atoms with Crippen molar-refractivity contribution in [2.24, 2.45) is 0 Å². The Morgan fingerprint density at radius 3 is 2.21 bits per heavy atom. The normalized spacial score (nSPS) is 13.0. The van der Waals surface area contributed by atoms with Crippen LogP contribution in [0.15, 0.2) is 152 Å². The van der Waals surface area contributed by atoms with Gasteiger partial charge in [-0.2, -0.15) is 0 Å². The maximum absolute atomic E-state index is 6.55. The van der Waals surface area contributed by atoms with Crippen molar-refractivity contribution in [3.8, 4) is 45.3 Å². The summed E-state index contributed by atoms with van der Waals surface area (Å²) in [6.07, 6.45) is 13.5. The summed E-state index contributed by atoms with van der Waals surface area (Å²) < 4.78 is 11.0. The summed E-state index contributed by atoms with van der Waals surface area (Å²) in [4.78, 5) is 4.68. The van der Waals surface area contributed by atoms with Crippen LogP contribution in [0.1, 0.15) is 63.5 Å². The molecule has 0 unspecified atom stereocenters. The molecule has 52 heavy (non-hydrogen) atoms. The summed E-state index contributed by atoms with van der Waals surface area (Å²) >= 11 is 0. The van der Waals surface area contributed by atoms with E-state index in [-0.39, 0.29) is 5.41 Å². The van der Waals surface area contributed by atoms with Gasteiger partial charge in [0.05, 0.1) is 11.0 Å². The number of para-hydroxylation sites is 1. The van der Waals surface area contributed by atoms with Crippen LogP contribution in [0.3, 0.4) is 0 Å². The van der Waals surface area contributed by atoms with Gasteiger partial charge in [-0.3, -0.25) is 4.57 Å². The number of pyridine rings is 1. The van der Waals surface area contributed by atoms with E-state index in [1.165, 1.54) is 82.7 Å². The van der Waals surface area contributed by atoms with Crippen molar-refractivity contribution < 1.29 is 4.74 Å². The molecule has 0 spiro atoms. The van der Waals surface area contributed by atoms with Crippen molar-refractivity contribution in [3.63, 3.8) is 0 Å². The summed E-state index contributed by atoms with van der Waals surface area (Å²) in [6.45, 7) is 4.63. The van der Waals surface area contributed by atoms with Crippen molar-refractivity contribution >= 4 is 21.8 Å². The number of unbranched alkanes of at least 4 members (excludes halogenated alkanes) is 2. The van der Waals surface area contributed by atoms with Crippen LogP contribution in [-0.4, -0.2) is 14.1 Å². The highest BCUT2D eigenvalue weighted by Crippen LogP contribution is 2.54. The zero-order valence-corrected chi connectivity index (χ0v) is 29.9. The lowest BCUT2D eigenvalue weighted by molar-refractivity contribution is 0.414. The van der Waals surface area contributed by atoms with Gasteiger partial charge in [-0.15, -0.1) is 0 Å². The van der Waals surface area contributed by atoms with E-state index in [2.05, 4.69) is 150 Å². The molecule has 256 valence electrons. The van der Waals surface area contributed by atoms with E-state index in [1.807, 2.05) is 30.5 Å². The Morgan fingerprint density at radius 1 is 0.596 bits per heavy atom. The molecule has 0 N–H and O–H groups in total. The number of fused-ring (bicyclic) bond motifs is 6. The van der Waals surface area contributed by atoms with Crippen LogP contribution < -0.4 is 4.74 Å². The van der Waals surface area contributed by atoms with Crippen molar-refractivity contribution in [1.82, 2.24) is 14.1 Å². The fourth-order valence-electron chi connectivity index (χ4n) is 8.57. The Morgan fingerprint density at radius 2 is 1.37 bits per heavy atom. The molecule has 1 aliphatic rings. The molecule has 4 heteroatoms. The van der Waals surface area contributed by atoms with Gasteiger partial charge in [-0.1, -0.05) is 106 Å². The van der Waals surface area contributed by atoms with Crippen LogP contribution in [-0.2, 0) is 5.41 Å². The van der Waals surface area contributed by atoms with Crippen LogP contribution in [0.25, 0.3) is 55.6 Å². The van der Waals surface area contributed by atoms with Crippen molar-refractivity contribution in [1.29, 1.82) is 0 Å². The monoisotopic (exact) mass is 677 g/mol. The zero-order chi connectivity index (χ0) is 35.1. The SMILES string of the molecule is CCCCC1(CCCC)c2ccccc2-c2ccc(-c3ccn(-c4cccc(Oc5ccc6c7ccccc7n(-c7ccccn7)c6c5)c4)c3)cc21. The van der Waals surface area contributed by atoms with E-state index in [0.29, 0.717) is 0 Å². The van der Waals surface area contributed by atoms with Crippen molar-refractivity contribution in [2.75, 3.05) is 0 Å². The van der Waals surface area contributed by atoms with Gasteiger partial charge in [0.15, 0.2) is 0 Å². The second-order valence-electron chi connectivity index (χ2n) is 14.2. The Hall–Kier alpha value is -5.87. The highest BCUT2D eigenvalue weighted by Gasteiger charge is 2.42. The van der Waals surface area contributed by atoms with Gasteiger partial charge >= 0.3 is 0 Å². The Kier molecular flexibility index (Phi) is 8.23. The summed E-state index contributed by atoms with van der Waals surface area (Å²) in [5.74, 6) is 2.46. The molecule has 0 radical (unpaired) electrons. The first-order valence-corrected chi connectivity index (χ1v) is 18.8. The Balaban J connectivity index is 1.03. The molecular formula is C48H43N3O. The summed E-state index contributed by atoms with van der Waals surface area (Å²) in [5, 5.41) is 2.37. The minimum absolute atomic E-state index is 0.0805.